The molecule has 0 aliphatic carbocycles. The van der Waals surface area contributed by atoms with E-state index in [4.69, 9.17) is 16.3 Å². The van der Waals surface area contributed by atoms with E-state index in [1.165, 1.54) is 24.3 Å². The van der Waals surface area contributed by atoms with Gasteiger partial charge >= 0.3 is 5.97 Å². The average molecular weight is 453 g/mol. The van der Waals surface area contributed by atoms with Crippen molar-refractivity contribution in [2.45, 2.75) is 44.2 Å². The normalized spacial score (nSPS) is 12.8. The Labute approximate surface area is 181 Å². The van der Waals surface area contributed by atoms with Crippen LogP contribution in [-0.4, -0.2) is 32.4 Å². The second-order valence-corrected chi connectivity index (χ2v) is 9.92. The fourth-order valence-corrected chi connectivity index (χ4v) is 4.11. The number of carbonyl (C=O) groups excluding carboxylic acids is 2. The van der Waals surface area contributed by atoms with Gasteiger partial charge < -0.3 is 10.1 Å². The predicted molar refractivity (Wildman–Crippen MR) is 115 cm³/mol. The summed E-state index contributed by atoms with van der Waals surface area (Å²) in [7, 11) is -3.70. The maximum Gasteiger partial charge on any atom is 0.338 e. The number of rotatable bonds is 7. The third-order valence-electron chi connectivity index (χ3n) is 3.92. The fourth-order valence-electron chi connectivity index (χ4n) is 2.56. The van der Waals surface area contributed by atoms with E-state index in [0.717, 1.165) is 5.56 Å². The zero-order chi connectivity index (χ0) is 22.5. The molecule has 0 saturated carbocycles. The summed E-state index contributed by atoms with van der Waals surface area (Å²) in [6, 6.07) is 12.1. The number of hydrogen-bond acceptors (Lipinski definition) is 5. The minimum atomic E-state index is -3.70. The monoisotopic (exact) mass is 452 g/mol. The van der Waals surface area contributed by atoms with E-state index in [9.17, 15) is 18.0 Å². The molecule has 0 fully saturated rings. The first-order chi connectivity index (χ1) is 13.9. The second kappa shape index (κ2) is 9.59. The van der Waals surface area contributed by atoms with Crippen LogP contribution in [-0.2, 0) is 19.6 Å². The lowest BCUT2D eigenvalue weighted by Crippen LogP contribution is -2.40. The Kier molecular flexibility index (Phi) is 7.63. The highest BCUT2D eigenvalue weighted by atomic mass is 35.5. The first-order valence-corrected chi connectivity index (χ1v) is 11.1. The number of halogens is 1. The van der Waals surface area contributed by atoms with Crippen LogP contribution in [0.4, 0.5) is 0 Å². The van der Waals surface area contributed by atoms with Crippen molar-refractivity contribution < 1.29 is 22.7 Å². The van der Waals surface area contributed by atoms with Crippen LogP contribution in [0.15, 0.2) is 53.4 Å². The summed E-state index contributed by atoms with van der Waals surface area (Å²) >= 11 is 5.85. The summed E-state index contributed by atoms with van der Waals surface area (Å²) in [5.41, 5.74) is 0.371. The molecule has 2 N–H and O–H groups in total. The number of carbonyl (C=O) groups is 2. The molecule has 0 aliphatic heterocycles. The highest BCUT2D eigenvalue weighted by Gasteiger charge is 2.22. The van der Waals surface area contributed by atoms with E-state index in [1.807, 2.05) is 0 Å². The van der Waals surface area contributed by atoms with Gasteiger partial charge in [-0.05, 0) is 69.7 Å². The van der Waals surface area contributed by atoms with Crippen LogP contribution in [0.1, 0.15) is 49.7 Å². The molecule has 2 rings (SSSR count). The number of hydrogen-bond donors (Lipinski definition) is 2. The van der Waals surface area contributed by atoms with Crippen molar-refractivity contribution in [2.24, 2.45) is 0 Å². The van der Waals surface area contributed by atoms with Crippen molar-refractivity contribution in [1.82, 2.24) is 10.0 Å². The van der Waals surface area contributed by atoms with Gasteiger partial charge in [0.25, 0.3) is 5.91 Å². The van der Waals surface area contributed by atoms with Crippen LogP contribution in [0.25, 0.3) is 0 Å². The number of ether oxygens (including phenoxy) is 1. The van der Waals surface area contributed by atoms with E-state index in [-0.39, 0.29) is 16.5 Å². The molecule has 1 atom stereocenters. The van der Waals surface area contributed by atoms with Crippen molar-refractivity contribution in [3.05, 3.63) is 64.7 Å². The summed E-state index contributed by atoms with van der Waals surface area (Å²) in [6.07, 6.45) is 0. The lowest BCUT2D eigenvalue weighted by atomic mass is 10.1. The number of benzene rings is 2. The molecule has 0 aliphatic rings. The van der Waals surface area contributed by atoms with Crippen molar-refractivity contribution in [2.75, 3.05) is 6.61 Å². The number of sulfonamides is 1. The maximum atomic E-state index is 12.3. The van der Waals surface area contributed by atoms with E-state index < -0.39 is 34.0 Å². The first kappa shape index (κ1) is 23.9. The van der Waals surface area contributed by atoms with Gasteiger partial charge in [-0.3, -0.25) is 4.79 Å². The summed E-state index contributed by atoms with van der Waals surface area (Å²) in [6.45, 7) is 6.54. The molecule has 0 saturated heterocycles. The molecule has 162 valence electrons. The highest BCUT2D eigenvalue weighted by molar-refractivity contribution is 7.89. The molecule has 2 aromatic rings. The maximum absolute atomic E-state index is 12.3. The Balaban J connectivity index is 1.91. The minimum absolute atomic E-state index is 0.0310. The molecule has 0 bridgehead atoms. The van der Waals surface area contributed by atoms with Crippen LogP contribution in [0, 0.1) is 0 Å². The lowest BCUT2D eigenvalue weighted by molar-refractivity contribution is -0.124. The summed E-state index contributed by atoms with van der Waals surface area (Å²) in [4.78, 5) is 24.2. The van der Waals surface area contributed by atoms with Crippen LogP contribution >= 0.6 is 11.6 Å². The number of amides is 1. The Hall–Kier alpha value is -2.42. The largest absolute Gasteiger partial charge is 0.452 e. The van der Waals surface area contributed by atoms with Gasteiger partial charge in [0, 0.05) is 10.6 Å². The van der Waals surface area contributed by atoms with Crippen molar-refractivity contribution in [3.8, 4) is 0 Å². The summed E-state index contributed by atoms with van der Waals surface area (Å²) in [5, 5.41) is 3.32. The Morgan fingerprint density at radius 3 is 2.13 bits per heavy atom. The third kappa shape index (κ3) is 7.12. The second-order valence-electron chi connectivity index (χ2n) is 7.80. The SMILES string of the molecule is CC(NC(=O)COC(=O)c1ccc(S(=O)(=O)NC(C)(C)C)cc1)c1ccc(Cl)cc1. The van der Waals surface area contributed by atoms with Gasteiger partial charge in [-0.25, -0.2) is 17.9 Å². The van der Waals surface area contributed by atoms with Gasteiger partial charge in [0.1, 0.15) is 0 Å². The minimum Gasteiger partial charge on any atom is -0.452 e. The molecule has 1 unspecified atom stereocenters. The molecule has 0 aromatic heterocycles. The molecule has 1 amide bonds. The van der Waals surface area contributed by atoms with Crippen LogP contribution in [0.3, 0.4) is 0 Å². The molecule has 0 heterocycles. The fraction of sp³-hybridized carbons (Fsp3) is 0.333. The van der Waals surface area contributed by atoms with Crippen molar-refractivity contribution in [3.63, 3.8) is 0 Å². The Morgan fingerprint density at radius 2 is 1.60 bits per heavy atom. The predicted octanol–water partition coefficient (Wildman–Crippen LogP) is 3.45. The highest BCUT2D eigenvalue weighted by Crippen LogP contribution is 2.16. The molecular formula is C21H25ClN2O5S. The van der Waals surface area contributed by atoms with Gasteiger partial charge in [0.15, 0.2) is 6.61 Å². The third-order valence-corrected chi connectivity index (χ3v) is 5.95. The summed E-state index contributed by atoms with van der Waals surface area (Å²) < 4.78 is 32.1. The van der Waals surface area contributed by atoms with Crippen LogP contribution in [0.5, 0.6) is 0 Å². The Bertz CT molecular complexity index is 997. The molecule has 0 radical (unpaired) electrons. The van der Waals surface area contributed by atoms with E-state index in [0.29, 0.717) is 5.02 Å². The van der Waals surface area contributed by atoms with Gasteiger partial charge in [-0.15, -0.1) is 0 Å². The molecule has 30 heavy (non-hydrogen) atoms. The van der Waals surface area contributed by atoms with E-state index in [2.05, 4.69) is 10.0 Å². The van der Waals surface area contributed by atoms with E-state index in [1.54, 1.807) is 52.0 Å². The van der Waals surface area contributed by atoms with E-state index >= 15 is 0 Å². The van der Waals surface area contributed by atoms with Crippen LogP contribution in [0.2, 0.25) is 5.02 Å². The molecule has 2 aromatic carbocycles. The van der Waals surface area contributed by atoms with Crippen molar-refractivity contribution >= 4 is 33.5 Å². The molecular weight excluding hydrogens is 428 g/mol. The molecule has 7 nitrogen and oxygen atoms in total. The zero-order valence-electron chi connectivity index (χ0n) is 17.2. The van der Waals surface area contributed by atoms with Crippen molar-refractivity contribution in [1.29, 1.82) is 0 Å². The number of nitrogens with one attached hydrogen (secondary N) is 2. The zero-order valence-corrected chi connectivity index (χ0v) is 18.8. The lowest BCUT2D eigenvalue weighted by Gasteiger charge is -2.20. The standard InChI is InChI=1S/C21H25ClN2O5S/c1-14(15-5-9-17(22)10-6-15)23-19(25)13-29-20(26)16-7-11-18(12-8-16)30(27,28)24-21(2,3)4/h5-12,14,24H,13H2,1-4H3,(H,23,25). The van der Waals surface area contributed by atoms with Crippen LogP contribution < -0.4 is 10.0 Å². The smallest absolute Gasteiger partial charge is 0.338 e. The summed E-state index contributed by atoms with van der Waals surface area (Å²) in [5.74, 6) is -1.18. The van der Waals surface area contributed by atoms with Gasteiger partial charge in [-0.1, -0.05) is 23.7 Å². The molecule has 9 heteroatoms. The molecule has 0 spiro atoms. The topological polar surface area (TPSA) is 102 Å². The van der Waals surface area contributed by atoms with Gasteiger partial charge in [0.2, 0.25) is 10.0 Å². The quantitative estimate of drug-likeness (QED) is 0.626. The Morgan fingerprint density at radius 1 is 1.03 bits per heavy atom. The number of esters is 1. The first-order valence-electron chi connectivity index (χ1n) is 9.23. The average Bonchev–Trinajstić information content (AvgIpc) is 2.65. The van der Waals surface area contributed by atoms with Gasteiger partial charge in [0.05, 0.1) is 16.5 Å². The van der Waals surface area contributed by atoms with Gasteiger partial charge in [-0.2, -0.15) is 0 Å².